The number of aromatic carboxylic acids is 1. The maximum atomic E-state index is 10.9. The van der Waals surface area contributed by atoms with Crippen LogP contribution in [0.4, 0.5) is 5.69 Å². The van der Waals surface area contributed by atoms with Crippen LogP contribution in [0.15, 0.2) is 22.7 Å². The van der Waals surface area contributed by atoms with E-state index in [9.17, 15) is 4.79 Å². The predicted octanol–water partition coefficient (Wildman–Crippen LogP) is 3.63. The molecule has 0 saturated carbocycles. The van der Waals surface area contributed by atoms with Gasteiger partial charge in [-0.05, 0) is 47.0 Å². The Balaban J connectivity index is 3.01. The molecule has 3 nitrogen and oxygen atoms in total. The molecule has 0 aromatic heterocycles. The number of halogens is 1. The van der Waals surface area contributed by atoms with Gasteiger partial charge in [0.05, 0.1) is 5.56 Å². The number of carboxylic acids is 1. The highest BCUT2D eigenvalue weighted by atomic mass is 79.9. The van der Waals surface area contributed by atoms with Crippen molar-refractivity contribution in [3.8, 4) is 0 Å². The molecule has 0 heterocycles. The van der Waals surface area contributed by atoms with E-state index < -0.39 is 5.97 Å². The minimum absolute atomic E-state index is 0.291. The number of carboxylic acid groups (broad SMARTS) is 1. The van der Waals surface area contributed by atoms with E-state index in [0.717, 1.165) is 5.69 Å². The van der Waals surface area contributed by atoms with Crippen LogP contribution in [0.5, 0.6) is 0 Å². The van der Waals surface area contributed by atoms with Gasteiger partial charge in [0.1, 0.15) is 0 Å². The van der Waals surface area contributed by atoms with Gasteiger partial charge in [0.15, 0.2) is 0 Å². The van der Waals surface area contributed by atoms with Crippen molar-refractivity contribution >= 4 is 27.6 Å². The fourth-order valence-electron chi connectivity index (χ4n) is 1.58. The molecule has 1 unspecified atom stereocenters. The van der Waals surface area contributed by atoms with Gasteiger partial charge in [0, 0.05) is 23.2 Å². The average molecular weight is 300 g/mol. The van der Waals surface area contributed by atoms with Crippen LogP contribution in [-0.2, 0) is 0 Å². The van der Waals surface area contributed by atoms with Crippen LogP contribution in [0.2, 0.25) is 0 Å². The standard InChI is InChI=1S/C13H18BrNO2/c1-8(2)9(3)15(4)10-5-6-11(13(16)17)12(14)7-10/h5-9H,1-4H3,(H,16,17). The highest BCUT2D eigenvalue weighted by Crippen LogP contribution is 2.26. The van der Waals surface area contributed by atoms with Crippen LogP contribution in [0.25, 0.3) is 0 Å². The van der Waals surface area contributed by atoms with Crippen LogP contribution in [0, 0.1) is 5.92 Å². The van der Waals surface area contributed by atoms with Crippen molar-refractivity contribution in [3.63, 3.8) is 0 Å². The predicted molar refractivity (Wildman–Crippen MR) is 73.8 cm³/mol. The van der Waals surface area contributed by atoms with Crippen molar-refractivity contribution in [3.05, 3.63) is 28.2 Å². The number of anilines is 1. The summed E-state index contributed by atoms with van der Waals surface area (Å²) in [5, 5.41) is 8.95. The summed E-state index contributed by atoms with van der Waals surface area (Å²) in [4.78, 5) is 13.1. The zero-order valence-corrected chi connectivity index (χ0v) is 12.2. The molecule has 1 N–H and O–H groups in total. The molecule has 0 saturated heterocycles. The molecule has 1 aromatic carbocycles. The van der Waals surface area contributed by atoms with E-state index in [1.54, 1.807) is 6.07 Å². The van der Waals surface area contributed by atoms with Crippen molar-refractivity contribution in [1.82, 2.24) is 0 Å². The Labute approximate surface area is 111 Å². The van der Waals surface area contributed by atoms with Gasteiger partial charge in [-0.15, -0.1) is 0 Å². The van der Waals surface area contributed by atoms with E-state index in [1.165, 1.54) is 0 Å². The summed E-state index contributed by atoms with van der Waals surface area (Å²) >= 11 is 3.29. The van der Waals surface area contributed by atoms with Crippen LogP contribution >= 0.6 is 15.9 Å². The molecule has 1 aromatic rings. The highest BCUT2D eigenvalue weighted by molar-refractivity contribution is 9.10. The summed E-state index contributed by atoms with van der Waals surface area (Å²) in [5.41, 5.74) is 1.31. The normalized spacial score (nSPS) is 12.6. The quantitative estimate of drug-likeness (QED) is 0.923. The molecule has 0 spiro atoms. The number of hydrogen-bond acceptors (Lipinski definition) is 2. The highest BCUT2D eigenvalue weighted by Gasteiger charge is 2.15. The molecule has 94 valence electrons. The van der Waals surface area contributed by atoms with Gasteiger partial charge in [-0.3, -0.25) is 0 Å². The maximum Gasteiger partial charge on any atom is 0.336 e. The first-order valence-corrected chi connectivity index (χ1v) is 6.39. The van der Waals surface area contributed by atoms with Crippen molar-refractivity contribution in [2.45, 2.75) is 26.8 Å². The smallest absolute Gasteiger partial charge is 0.336 e. The monoisotopic (exact) mass is 299 g/mol. The summed E-state index contributed by atoms with van der Waals surface area (Å²) in [7, 11) is 2.02. The number of carbonyl (C=O) groups is 1. The lowest BCUT2D eigenvalue weighted by atomic mass is 10.0. The van der Waals surface area contributed by atoms with E-state index >= 15 is 0 Å². The third-order valence-electron chi connectivity index (χ3n) is 3.17. The second-order valence-electron chi connectivity index (χ2n) is 4.56. The summed E-state index contributed by atoms with van der Waals surface area (Å²) < 4.78 is 0.616. The summed E-state index contributed by atoms with van der Waals surface area (Å²) in [5.74, 6) is -0.374. The van der Waals surface area contributed by atoms with Gasteiger partial charge in [0.25, 0.3) is 0 Å². The molecular formula is C13H18BrNO2. The number of benzene rings is 1. The Bertz CT molecular complexity index is 418. The SMILES string of the molecule is CC(C)C(C)N(C)c1ccc(C(=O)O)c(Br)c1. The van der Waals surface area contributed by atoms with Gasteiger partial charge in [0.2, 0.25) is 0 Å². The van der Waals surface area contributed by atoms with Crippen LogP contribution in [0.3, 0.4) is 0 Å². The summed E-state index contributed by atoms with van der Waals surface area (Å²) in [6.07, 6.45) is 0. The minimum Gasteiger partial charge on any atom is -0.478 e. The molecule has 1 rings (SSSR count). The Morgan fingerprint density at radius 1 is 1.35 bits per heavy atom. The van der Waals surface area contributed by atoms with Crippen molar-refractivity contribution in [1.29, 1.82) is 0 Å². The van der Waals surface area contributed by atoms with Gasteiger partial charge < -0.3 is 10.0 Å². The van der Waals surface area contributed by atoms with Gasteiger partial charge in [-0.2, -0.15) is 0 Å². The second kappa shape index (κ2) is 5.54. The Morgan fingerprint density at radius 3 is 2.35 bits per heavy atom. The summed E-state index contributed by atoms with van der Waals surface area (Å²) in [6, 6.07) is 5.72. The first-order valence-electron chi connectivity index (χ1n) is 5.60. The lowest BCUT2D eigenvalue weighted by molar-refractivity contribution is 0.0696. The van der Waals surface area contributed by atoms with Gasteiger partial charge in [-0.25, -0.2) is 4.79 Å². The molecule has 0 fully saturated rings. The van der Waals surface area contributed by atoms with Crippen molar-refractivity contribution in [2.24, 2.45) is 5.92 Å². The van der Waals surface area contributed by atoms with Gasteiger partial charge in [-0.1, -0.05) is 13.8 Å². The third-order valence-corrected chi connectivity index (χ3v) is 3.82. The first kappa shape index (κ1) is 14.0. The Kier molecular flexibility index (Phi) is 4.57. The lowest BCUT2D eigenvalue weighted by Gasteiger charge is -2.30. The third kappa shape index (κ3) is 3.22. The van der Waals surface area contributed by atoms with E-state index in [1.807, 2.05) is 19.2 Å². The van der Waals surface area contributed by atoms with Gasteiger partial charge >= 0.3 is 5.97 Å². The molecule has 17 heavy (non-hydrogen) atoms. The van der Waals surface area contributed by atoms with Crippen molar-refractivity contribution < 1.29 is 9.90 Å². The number of nitrogens with zero attached hydrogens (tertiary/aromatic N) is 1. The first-order chi connectivity index (χ1) is 7.84. The van der Waals surface area contributed by atoms with E-state index in [4.69, 9.17) is 5.11 Å². The van der Waals surface area contributed by atoms with E-state index in [-0.39, 0.29) is 0 Å². The molecule has 1 atom stereocenters. The van der Waals surface area contributed by atoms with Crippen LogP contribution in [0.1, 0.15) is 31.1 Å². The number of rotatable bonds is 4. The molecule has 0 radical (unpaired) electrons. The zero-order chi connectivity index (χ0) is 13.2. The molecule has 0 amide bonds. The molecular weight excluding hydrogens is 282 g/mol. The Morgan fingerprint density at radius 2 is 1.94 bits per heavy atom. The summed E-state index contributed by atoms with van der Waals surface area (Å²) in [6.45, 7) is 6.49. The van der Waals surface area contributed by atoms with E-state index in [2.05, 4.69) is 41.6 Å². The zero-order valence-electron chi connectivity index (χ0n) is 10.6. The van der Waals surface area contributed by atoms with Crippen LogP contribution in [-0.4, -0.2) is 24.2 Å². The van der Waals surface area contributed by atoms with Crippen molar-refractivity contribution in [2.75, 3.05) is 11.9 Å². The average Bonchev–Trinajstić information content (AvgIpc) is 2.26. The fourth-order valence-corrected chi connectivity index (χ4v) is 2.12. The molecule has 0 bridgehead atoms. The lowest BCUT2D eigenvalue weighted by Crippen LogP contribution is -2.33. The minimum atomic E-state index is -0.914. The van der Waals surface area contributed by atoms with Crippen LogP contribution < -0.4 is 4.90 Å². The topological polar surface area (TPSA) is 40.5 Å². The molecule has 0 aliphatic carbocycles. The largest absolute Gasteiger partial charge is 0.478 e. The molecule has 4 heteroatoms. The number of hydrogen-bond donors (Lipinski definition) is 1. The molecule has 0 aliphatic heterocycles. The Hall–Kier alpha value is -1.03. The van der Waals surface area contributed by atoms with E-state index in [0.29, 0.717) is 22.0 Å². The molecule has 0 aliphatic rings. The fraction of sp³-hybridized carbons (Fsp3) is 0.462. The second-order valence-corrected chi connectivity index (χ2v) is 5.42. The maximum absolute atomic E-state index is 10.9.